The molecule has 3 heteroatoms. The fraction of sp³-hybridized carbons (Fsp3) is 1.00. The van der Waals surface area contributed by atoms with Gasteiger partial charge in [0.15, 0.2) is 0 Å². The molecule has 1 unspecified atom stereocenters. The lowest BCUT2D eigenvalue weighted by Crippen LogP contribution is -2.57. The van der Waals surface area contributed by atoms with Crippen LogP contribution in [0.15, 0.2) is 0 Å². The van der Waals surface area contributed by atoms with Crippen LogP contribution in [-0.4, -0.2) is 43.8 Å². The third-order valence-corrected chi connectivity index (χ3v) is 2.76. The Labute approximate surface area is 73.9 Å². The molecule has 3 nitrogen and oxygen atoms in total. The number of likely N-dealkylation sites (tertiary alicyclic amines) is 1. The monoisotopic (exact) mass is 170 g/mol. The predicted molar refractivity (Wildman–Crippen MR) is 48.0 cm³/mol. The number of hydrogen-bond acceptors (Lipinski definition) is 3. The topological polar surface area (TPSA) is 38.5 Å². The van der Waals surface area contributed by atoms with Crippen LogP contribution in [0.25, 0.3) is 0 Å². The van der Waals surface area contributed by atoms with Crippen molar-refractivity contribution in [3.8, 4) is 0 Å². The highest BCUT2D eigenvalue weighted by molar-refractivity contribution is 4.84. The molecular weight excluding hydrogens is 152 g/mol. The second kappa shape index (κ2) is 3.73. The summed E-state index contributed by atoms with van der Waals surface area (Å²) in [5.41, 5.74) is 5.70. The summed E-state index contributed by atoms with van der Waals surface area (Å²) in [7, 11) is 0. The van der Waals surface area contributed by atoms with Crippen molar-refractivity contribution in [3.63, 3.8) is 0 Å². The quantitative estimate of drug-likeness (QED) is 0.636. The van der Waals surface area contributed by atoms with Gasteiger partial charge in [-0.2, -0.15) is 0 Å². The molecule has 0 spiro atoms. The lowest BCUT2D eigenvalue weighted by molar-refractivity contribution is 0.0236. The van der Waals surface area contributed by atoms with Crippen LogP contribution in [-0.2, 0) is 4.74 Å². The minimum atomic E-state index is 0.439. The Balaban J connectivity index is 1.65. The molecule has 70 valence electrons. The molecule has 0 amide bonds. The van der Waals surface area contributed by atoms with Crippen LogP contribution >= 0.6 is 0 Å². The average Bonchev–Trinajstić information content (AvgIpc) is 2.04. The minimum Gasteiger partial charge on any atom is -0.381 e. The van der Waals surface area contributed by atoms with E-state index in [1.807, 2.05) is 0 Å². The average molecular weight is 170 g/mol. The van der Waals surface area contributed by atoms with Crippen molar-refractivity contribution in [1.82, 2.24) is 4.90 Å². The van der Waals surface area contributed by atoms with Gasteiger partial charge in [-0.05, 0) is 18.8 Å². The van der Waals surface area contributed by atoms with Crippen LogP contribution < -0.4 is 5.73 Å². The first-order chi connectivity index (χ1) is 5.84. The van der Waals surface area contributed by atoms with Gasteiger partial charge in [0.25, 0.3) is 0 Å². The molecule has 2 fully saturated rings. The van der Waals surface area contributed by atoms with Gasteiger partial charge in [0.2, 0.25) is 0 Å². The molecule has 2 rings (SSSR count). The molecule has 0 radical (unpaired) electrons. The normalized spacial score (nSPS) is 33.2. The lowest BCUT2D eigenvalue weighted by atomic mass is 9.99. The first kappa shape index (κ1) is 8.48. The van der Waals surface area contributed by atoms with Gasteiger partial charge in [-0.15, -0.1) is 0 Å². The van der Waals surface area contributed by atoms with Crippen molar-refractivity contribution in [2.75, 3.05) is 32.8 Å². The van der Waals surface area contributed by atoms with Gasteiger partial charge in [-0.3, -0.25) is 4.90 Å². The first-order valence-corrected chi connectivity index (χ1v) is 4.90. The van der Waals surface area contributed by atoms with Crippen molar-refractivity contribution in [2.45, 2.75) is 18.9 Å². The van der Waals surface area contributed by atoms with E-state index < -0.39 is 0 Å². The van der Waals surface area contributed by atoms with E-state index >= 15 is 0 Å². The van der Waals surface area contributed by atoms with E-state index in [0.29, 0.717) is 6.04 Å². The molecule has 0 aromatic heterocycles. The summed E-state index contributed by atoms with van der Waals surface area (Å²) in [6.45, 7) is 5.32. The molecule has 0 saturated carbocycles. The first-order valence-electron chi connectivity index (χ1n) is 4.90. The fourth-order valence-electron chi connectivity index (χ4n) is 2.08. The third kappa shape index (κ3) is 1.97. The number of nitrogens with two attached hydrogens (primary N) is 1. The summed E-state index contributed by atoms with van der Waals surface area (Å²) in [5, 5.41) is 0. The van der Waals surface area contributed by atoms with Gasteiger partial charge >= 0.3 is 0 Å². The number of nitrogens with zero attached hydrogens (tertiary/aromatic N) is 1. The van der Waals surface area contributed by atoms with Crippen molar-refractivity contribution in [2.24, 2.45) is 11.7 Å². The predicted octanol–water partition coefficient (Wildman–Crippen LogP) is 0.0559. The third-order valence-electron chi connectivity index (χ3n) is 2.76. The highest BCUT2D eigenvalue weighted by Crippen LogP contribution is 2.17. The van der Waals surface area contributed by atoms with Crippen molar-refractivity contribution in [3.05, 3.63) is 0 Å². The molecule has 2 heterocycles. The van der Waals surface area contributed by atoms with Crippen LogP contribution in [0.1, 0.15) is 12.8 Å². The molecule has 0 bridgehead atoms. The van der Waals surface area contributed by atoms with E-state index in [1.165, 1.54) is 19.4 Å². The van der Waals surface area contributed by atoms with Gasteiger partial charge in [0.05, 0.1) is 6.61 Å². The molecule has 12 heavy (non-hydrogen) atoms. The van der Waals surface area contributed by atoms with Crippen molar-refractivity contribution in [1.29, 1.82) is 0 Å². The van der Waals surface area contributed by atoms with Crippen LogP contribution in [0.3, 0.4) is 0 Å². The van der Waals surface area contributed by atoms with Gasteiger partial charge in [0, 0.05) is 32.3 Å². The summed E-state index contributed by atoms with van der Waals surface area (Å²) in [6, 6.07) is 0.439. The molecule has 0 aromatic rings. The van der Waals surface area contributed by atoms with Crippen LogP contribution in [0.4, 0.5) is 0 Å². The highest BCUT2D eigenvalue weighted by Gasteiger charge is 2.26. The Hall–Kier alpha value is -0.120. The second-order valence-corrected chi connectivity index (χ2v) is 4.06. The maximum Gasteiger partial charge on any atom is 0.0506 e. The Morgan fingerprint density at radius 2 is 2.25 bits per heavy atom. The molecule has 0 aromatic carbocycles. The number of ether oxygens (including phenoxy) is 1. The van der Waals surface area contributed by atoms with Gasteiger partial charge < -0.3 is 10.5 Å². The van der Waals surface area contributed by atoms with Crippen LogP contribution in [0.2, 0.25) is 0 Å². The zero-order valence-electron chi connectivity index (χ0n) is 7.54. The van der Waals surface area contributed by atoms with E-state index in [4.69, 9.17) is 10.5 Å². The Morgan fingerprint density at radius 3 is 2.83 bits per heavy atom. The second-order valence-electron chi connectivity index (χ2n) is 4.06. The maximum atomic E-state index is 5.70. The van der Waals surface area contributed by atoms with Crippen molar-refractivity contribution < 1.29 is 4.74 Å². The summed E-state index contributed by atoms with van der Waals surface area (Å²) < 4.78 is 5.42. The van der Waals surface area contributed by atoms with Gasteiger partial charge in [-0.1, -0.05) is 0 Å². The lowest BCUT2D eigenvalue weighted by Gasteiger charge is -2.39. The number of hydrogen-bond donors (Lipinski definition) is 1. The van der Waals surface area contributed by atoms with E-state index in [0.717, 1.165) is 32.2 Å². The maximum absolute atomic E-state index is 5.70. The Morgan fingerprint density at radius 1 is 1.42 bits per heavy atom. The van der Waals surface area contributed by atoms with E-state index in [-0.39, 0.29) is 0 Å². The number of rotatable bonds is 2. The summed E-state index contributed by atoms with van der Waals surface area (Å²) in [6.07, 6.45) is 2.58. The SMILES string of the molecule is NC1CN(CC2CCCOC2)C1. The largest absolute Gasteiger partial charge is 0.381 e. The van der Waals surface area contributed by atoms with Crippen LogP contribution in [0, 0.1) is 5.92 Å². The van der Waals surface area contributed by atoms with E-state index in [1.54, 1.807) is 0 Å². The smallest absolute Gasteiger partial charge is 0.0506 e. The van der Waals surface area contributed by atoms with E-state index in [9.17, 15) is 0 Å². The highest BCUT2D eigenvalue weighted by atomic mass is 16.5. The van der Waals surface area contributed by atoms with Crippen LogP contribution in [0.5, 0.6) is 0 Å². The standard InChI is InChI=1S/C9H18N2O/c10-9-5-11(6-9)4-8-2-1-3-12-7-8/h8-9H,1-7,10H2. The molecule has 0 aliphatic carbocycles. The molecule has 2 saturated heterocycles. The van der Waals surface area contributed by atoms with Gasteiger partial charge in [-0.25, -0.2) is 0 Å². The molecule has 2 aliphatic rings. The zero-order valence-corrected chi connectivity index (χ0v) is 7.54. The summed E-state index contributed by atoms with van der Waals surface area (Å²) in [5.74, 6) is 0.770. The van der Waals surface area contributed by atoms with Crippen molar-refractivity contribution >= 4 is 0 Å². The van der Waals surface area contributed by atoms with E-state index in [2.05, 4.69) is 4.90 Å². The molecule has 1 atom stereocenters. The van der Waals surface area contributed by atoms with Gasteiger partial charge in [0.1, 0.15) is 0 Å². The minimum absolute atomic E-state index is 0.439. The molecule has 2 N–H and O–H groups in total. The summed E-state index contributed by atoms with van der Waals surface area (Å²) >= 11 is 0. The molecular formula is C9H18N2O. The Kier molecular flexibility index (Phi) is 2.63. The Bertz CT molecular complexity index is 139. The zero-order chi connectivity index (χ0) is 8.39. The summed E-state index contributed by atoms with van der Waals surface area (Å²) in [4.78, 5) is 2.43. The molecule has 2 aliphatic heterocycles. The fourth-order valence-corrected chi connectivity index (χ4v) is 2.08.